The molecular formula is C19H24N2O4S2. The number of sulfonamides is 1. The van der Waals surface area contributed by atoms with Crippen LogP contribution in [0.2, 0.25) is 0 Å². The second-order valence-corrected chi connectivity index (χ2v) is 10.2. The highest BCUT2D eigenvalue weighted by atomic mass is 32.2. The molecule has 3 rings (SSSR count). The Morgan fingerprint density at radius 2 is 2.04 bits per heavy atom. The zero-order valence-corrected chi connectivity index (χ0v) is 17.2. The first-order valence-electron chi connectivity index (χ1n) is 9.07. The third-order valence-electron chi connectivity index (χ3n) is 4.89. The molecule has 1 saturated heterocycles. The highest BCUT2D eigenvalue weighted by Gasteiger charge is 2.41. The van der Waals surface area contributed by atoms with Crippen molar-refractivity contribution in [3.05, 3.63) is 35.2 Å². The zero-order valence-electron chi connectivity index (χ0n) is 15.5. The molecule has 8 heteroatoms. The third-order valence-corrected chi connectivity index (χ3v) is 7.44. The van der Waals surface area contributed by atoms with E-state index in [0.717, 1.165) is 10.1 Å². The Labute approximate surface area is 163 Å². The van der Waals surface area contributed by atoms with Gasteiger partial charge in [-0.3, -0.25) is 14.3 Å². The number of hydrogen-bond donors (Lipinski definition) is 1. The molecule has 0 bridgehead atoms. The molecule has 1 aromatic heterocycles. The smallest absolute Gasteiger partial charge is 0.263 e. The molecule has 27 heavy (non-hydrogen) atoms. The van der Waals surface area contributed by atoms with Gasteiger partial charge in [0.1, 0.15) is 0 Å². The number of benzene rings is 1. The van der Waals surface area contributed by atoms with E-state index in [1.807, 2.05) is 30.3 Å². The Kier molecular flexibility index (Phi) is 5.58. The number of fused-ring (bicyclic) bond motifs is 1. The molecule has 1 aromatic carbocycles. The summed E-state index contributed by atoms with van der Waals surface area (Å²) in [4.78, 5) is 27.9. The first kappa shape index (κ1) is 19.8. The van der Waals surface area contributed by atoms with Crippen molar-refractivity contribution in [3.63, 3.8) is 0 Å². The Bertz CT molecular complexity index is 934. The fourth-order valence-electron chi connectivity index (χ4n) is 3.43. The fourth-order valence-corrected chi connectivity index (χ4v) is 5.62. The predicted octanol–water partition coefficient (Wildman–Crippen LogP) is 3.00. The van der Waals surface area contributed by atoms with Crippen LogP contribution < -0.4 is 4.72 Å². The van der Waals surface area contributed by atoms with Crippen LogP contribution >= 0.6 is 11.3 Å². The van der Waals surface area contributed by atoms with Crippen LogP contribution in [0.15, 0.2) is 30.3 Å². The van der Waals surface area contributed by atoms with E-state index < -0.39 is 21.3 Å². The summed E-state index contributed by atoms with van der Waals surface area (Å²) in [7, 11) is -3.63. The van der Waals surface area contributed by atoms with Crippen molar-refractivity contribution in [2.24, 2.45) is 5.41 Å². The quantitative estimate of drug-likeness (QED) is 0.824. The fraction of sp³-hybridized carbons (Fsp3) is 0.474. The van der Waals surface area contributed by atoms with E-state index in [2.05, 4.69) is 4.72 Å². The van der Waals surface area contributed by atoms with Crippen molar-refractivity contribution >= 4 is 43.3 Å². The second kappa shape index (κ2) is 7.59. The summed E-state index contributed by atoms with van der Waals surface area (Å²) in [6.07, 6.45) is 1.65. The van der Waals surface area contributed by atoms with Crippen LogP contribution in [0, 0.1) is 5.41 Å². The number of hydrogen-bond acceptors (Lipinski definition) is 5. The lowest BCUT2D eigenvalue weighted by Crippen LogP contribution is -2.53. The average Bonchev–Trinajstić information content (AvgIpc) is 3.04. The highest BCUT2D eigenvalue weighted by Crippen LogP contribution is 2.33. The maximum Gasteiger partial charge on any atom is 0.263 e. The number of carbonyl (C=O) groups is 2. The van der Waals surface area contributed by atoms with Gasteiger partial charge in [-0.15, -0.1) is 11.3 Å². The van der Waals surface area contributed by atoms with Gasteiger partial charge in [0.15, 0.2) is 0 Å². The molecule has 0 aliphatic carbocycles. The van der Waals surface area contributed by atoms with Crippen LogP contribution in [0.4, 0.5) is 0 Å². The van der Waals surface area contributed by atoms with Gasteiger partial charge >= 0.3 is 0 Å². The van der Waals surface area contributed by atoms with E-state index in [0.29, 0.717) is 30.7 Å². The minimum absolute atomic E-state index is 0.0841. The van der Waals surface area contributed by atoms with Gasteiger partial charge in [-0.05, 0) is 43.7 Å². The maximum atomic E-state index is 13.0. The Hall–Kier alpha value is -1.93. The molecule has 0 saturated carbocycles. The van der Waals surface area contributed by atoms with E-state index in [4.69, 9.17) is 0 Å². The number of nitrogens with zero attached hydrogens (tertiary/aromatic N) is 1. The third kappa shape index (κ3) is 4.32. The lowest BCUT2D eigenvalue weighted by Gasteiger charge is -2.39. The Balaban J connectivity index is 1.76. The van der Waals surface area contributed by atoms with Gasteiger partial charge in [-0.25, -0.2) is 8.42 Å². The van der Waals surface area contributed by atoms with Gasteiger partial charge in [0.2, 0.25) is 15.9 Å². The standard InChI is InChI=1S/C19H24N2O4S2/c1-3-11-27(24,25)20-18(23)19(2)9-6-10-21(13-19)17(22)16-12-14-7-4-5-8-15(14)26-16/h4-5,7-8,12H,3,6,9-11,13H2,1-2H3,(H,20,23). The summed E-state index contributed by atoms with van der Waals surface area (Å²) in [5.74, 6) is -0.713. The molecule has 2 amide bonds. The largest absolute Gasteiger partial charge is 0.337 e. The first-order valence-corrected chi connectivity index (χ1v) is 11.5. The number of carbonyl (C=O) groups excluding carboxylic acids is 2. The van der Waals surface area contributed by atoms with Crippen molar-refractivity contribution in [1.82, 2.24) is 9.62 Å². The van der Waals surface area contributed by atoms with Crippen molar-refractivity contribution < 1.29 is 18.0 Å². The SMILES string of the molecule is CCCS(=O)(=O)NC(=O)C1(C)CCCN(C(=O)c2cc3ccccc3s2)C1. The van der Waals surface area contributed by atoms with Crippen molar-refractivity contribution in [1.29, 1.82) is 0 Å². The highest BCUT2D eigenvalue weighted by molar-refractivity contribution is 7.90. The summed E-state index contributed by atoms with van der Waals surface area (Å²) in [6.45, 7) is 4.26. The van der Waals surface area contributed by atoms with Gasteiger partial charge < -0.3 is 4.90 Å². The van der Waals surface area contributed by atoms with Crippen LogP contribution in [-0.4, -0.2) is 44.0 Å². The number of piperidine rings is 1. The van der Waals surface area contributed by atoms with E-state index >= 15 is 0 Å². The minimum atomic E-state index is -3.63. The Morgan fingerprint density at radius 3 is 2.74 bits per heavy atom. The van der Waals surface area contributed by atoms with Crippen LogP contribution in [-0.2, 0) is 14.8 Å². The van der Waals surface area contributed by atoms with E-state index in [1.54, 1.807) is 18.7 Å². The molecule has 0 radical (unpaired) electrons. The zero-order chi connectivity index (χ0) is 19.7. The molecule has 2 heterocycles. The van der Waals surface area contributed by atoms with Gasteiger partial charge in [0.05, 0.1) is 16.0 Å². The summed E-state index contributed by atoms with van der Waals surface area (Å²) in [5.41, 5.74) is -0.911. The summed E-state index contributed by atoms with van der Waals surface area (Å²) < 4.78 is 27.1. The molecule has 6 nitrogen and oxygen atoms in total. The molecule has 1 atom stereocenters. The van der Waals surface area contributed by atoms with Gasteiger partial charge in [0.25, 0.3) is 5.91 Å². The molecule has 146 valence electrons. The molecule has 1 aliphatic rings. The van der Waals surface area contributed by atoms with Crippen LogP contribution in [0.25, 0.3) is 10.1 Å². The second-order valence-electron chi connectivity index (χ2n) is 7.29. The molecule has 1 unspecified atom stereocenters. The topological polar surface area (TPSA) is 83.6 Å². The predicted molar refractivity (Wildman–Crippen MR) is 107 cm³/mol. The number of thiophene rings is 1. The lowest BCUT2D eigenvalue weighted by molar-refractivity contribution is -0.130. The van der Waals surface area contributed by atoms with Crippen LogP contribution in [0.1, 0.15) is 42.8 Å². The Morgan fingerprint density at radius 1 is 1.30 bits per heavy atom. The van der Waals surface area contributed by atoms with Gasteiger partial charge in [-0.2, -0.15) is 0 Å². The monoisotopic (exact) mass is 408 g/mol. The normalized spacial score (nSPS) is 20.6. The number of likely N-dealkylation sites (tertiary alicyclic amines) is 1. The number of amides is 2. The van der Waals surface area contributed by atoms with E-state index in [-0.39, 0.29) is 18.2 Å². The summed E-state index contributed by atoms with van der Waals surface area (Å²) in [6, 6.07) is 9.69. The molecule has 1 aliphatic heterocycles. The van der Waals surface area contributed by atoms with E-state index in [1.165, 1.54) is 11.3 Å². The molecule has 1 N–H and O–H groups in total. The van der Waals surface area contributed by atoms with Crippen molar-refractivity contribution in [3.8, 4) is 0 Å². The molecular weight excluding hydrogens is 384 g/mol. The van der Waals surface area contributed by atoms with Crippen LogP contribution in [0.3, 0.4) is 0 Å². The van der Waals surface area contributed by atoms with E-state index in [9.17, 15) is 18.0 Å². The minimum Gasteiger partial charge on any atom is -0.337 e. The van der Waals surface area contributed by atoms with Crippen LogP contribution in [0.5, 0.6) is 0 Å². The first-order chi connectivity index (χ1) is 12.7. The van der Waals surface area contributed by atoms with Crippen molar-refractivity contribution in [2.45, 2.75) is 33.1 Å². The van der Waals surface area contributed by atoms with Gasteiger partial charge in [0, 0.05) is 17.8 Å². The average molecular weight is 409 g/mol. The summed E-state index contributed by atoms with van der Waals surface area (Å²) >= 11 is 1.44. The number of nitrogens with one attached hydrogen (secondary N) is 1. The summed E-state index contributed by atoms with van der Waals surface area (Å²) in [5, 5.41) is 1.02. The molecule has 2 aromatic rings. The van der Waals surface area contributed by atoms with Gasteiger partial charge in [-0.1, -0.05) is 25.1 Å². The van der Waals surface area contributed by atoms with Crippen molar-refractivity contribution in [2.75, 3.05) is 18.8 Å². The number of rotatable bonds is 5. The lowest BCUT2D eigenvalue weighted by atomic mass is 9.81. The molecule has 1 fully saturated rings. The maximum absolute atomic E-state index is 13.0. The molecule has 0 spiro atoms.